The van der Waals surface area contributed by atoms with Crippen molar-refractivity contribution in [3.05, 3.63) is 23.8 Å². The molecule has 0 atom stereocenters. The highest BCUT2D eigenvalue weighted by molar-refractivity contribution is 7.89. The molecule has 0 unspecified atom stereocenters. The summed E-state index contributed by atoms with van der Waals surface area (Å²) in [5.74, 6) is -1.04. The van der Waals surface area contributed by atoms with Gasteiger partial charge in [-0.15, -0.1) is 0 Å². The number of hydrogen-bond acceptors (Lipinski definition) is 6. The number of carbonyl (C=O) groups is 2. The molecule has 0 aliphatic carbocycles. The molecule has 1 N–H and O–H groups in total. The number of benzene rings is 1. The van der Waals surface area contributed by atoms with Crippen molar-refractivity contribution < 1.29 is 27.5 Å². The molecule has 1 fully saturated rings. The predicted molar refractivity (Wildman–Crippen MR) is 94.5 cm³/mol. The average Bonchev–Trinajstić information content (AvgIpc) is 3.14. The number of nitrogens with one attached hydrogen (secondary N) is 1. The number of methoxy groups -OCH3 is 1. The van der Waals surface area contributed by atoms with Gasteiger partial charge in [0, 0.05) is 19.1 Å². The number of esters is 1. The number of hydrogen-bond donors (Lipinski definition) is 1. The summed E-state index contributed by atoms with van der Waals surface area (Å²) in [6.45, 7) is 4.03. The molecule has 144 valence electrons. The fraction of sp³-hybridized carbons (Fsp3) is 0.529. The SMILES string of the molecule is COc1ccc(C(=O)OCC(=O)NC(C)C)cc1S(=O)(=O)N1CCCC1. The standard InChI is InChI=1S/C17H24N2O6S/c1-12(2)18-16(20)11-25-17(21)13-6-7-14(24-3)15(10-13)26(22,23)19-8-4-5-9-19/h6-7,10,12H,4-5,8-9,11H2,1-3H3,(H,18,20). The smallest absolute Gasteiger partial charge is 0.338 e. The summed E-state index contributed by atoms with van der Waals surface area (Å²) in [5, 5.41) is 2.60. The van der Waals surface area contributed by atoms with E-state index >= 15 is 0 Å². The van der Waals surface area contributed by atoms with Crippen LogP contribution >= 0.6 is 0 Å². The molecule has 1 heterocycles. The molecular formula is C17H24N2O6S. The minimum atomic E-state index is -3.76. The van der Waals surface area contributed by atoms with Gasteiger partial charge < -0.3 is 14.8 Å². The van der Waals surface area contributed by atoms with Crippen molar-refractivity contribution in [1.29, 1.82) is 0 Å². The van der Waals surface area contributed by atoms with Crippen LogP contribution in [0.1, 0.15) is 37.0 Å². The lowest BCUT2D eigenvalue weighted by molar-refractivity contribution is -0.124. The molecule has 1 aromatic carbocycles. The Bertz CT molecular complexity index is 769. The summed E-state index contributed by atoms with van der Waals surface area (Å²) in [6.07, 6.45) is 1.60. The van der Waals surface area contributed by atoms with E-state index in [4.69, 9.17) is 9.47 Å². The third-order valence-electron chi connectivity index (χ3n) is 3.87. The van der Waals surface area contributed by atoms with E-state index in [0.717, 1.165) is 12.8 Å². The molecule has 1 aliphatic heterocycles. The molecule has 1 amide bonds. The summed E-state index contributed by atoms with van der Waals surface area (Å²) in [5.41, 5.74) is 0.0425. The summed E-state index contributed by atoms with van der Waals surface area (Å²) in [4.78, 5) is 23.7. The van der Waals surface area contributed by atoms with Crippen LogP contribution < -0.4 is 10.1 Å². The minimum absolute atomic E-state index is 0.0425. The van der Waals surface area contributed by atoms with Crippen LogP contribution in [0.3, 0.4) is 0 Å². The molecule has 26 heavy (non-hydrogen) atoms. The molecule has 0 spiro atoms. The van der Waals surface area contributed by atoms with Gasteiger partial charge in [-0.1, -0.05) is 0 Å². The van der Waals surface area contributed by atoms with E-state index in [1.165, 1.54) is 29.6 Å². The van der Waals surface area contributed by atoms with Crippen LogP contribution in [0.15, 0.2) is 23.1 Å². The molecule has 1 aliphatic rings. The lowest BCUT2D eigenvalue weighted by Crippen LogP contribution is -2.34. The number of sulfonamides is 1. The highest BCUT2D eigenvalue weighted by Crippen LogP contribution is 2.30. The molecule has 8 nitrogen and oxygen atoms in total. The Hall–Kier alpha value is -2.13. The molecule has 0 aromatic heterocycles. The third-order valence-corrected chi connectivity index (χ3v) is 5.79. The Labute approximate surface area is 153 Å². The number of amides is 1. The van der Waals surface area contributed by atoms with Crippen molar-refractivity contribution in [3.63, 3.8) is 0 Å². The first-order valence-electron chi connectivity index (χ1n) is 8.40. The third kappa shape index (κ3) is 4.73. The Balaban J connectivity index is 2.20. The topological polar surface area (TPSA) is 102 Å². The molecule has 0 radical (unpaired) electrons. The Morgan fingerprint density at radius 3 is 2.46 bits per heavy atom. The Kier molecular flexibility index (Phi) is 6.60. The second-order valence-corrected chi connectivity index (χ2v) is 8.18. The second kappa shape index (κ2) is 8.50. The zero-order chi connectivity index (χ0) is 19.3. The van der Waals surface area contributed by atoms with E-state index in [1.54, 1.807) is 13.8 Å². The molecule has 2 rings (SSSR count). The van der Waals surface area contributed by atoms with Gasteiger partial charge in [-0.05, 0) is 44.9 Å². The van der Waals surface area contributed by atoms with Gasteiger partial charge in [-0.2, -0.15) is 4.31 Å². The van der Waals surface area contributed by atoms with E-state index in [1.807, 2.05) is 0 Å². The maximum atomic E-state index is 12.8. The summed E-state index contributed by atoms with van der Waals surface area (Å²) < 4.78 is 37.1. The number of nitrogens with zero attached hydrogens (tertiary/aromatic N) is 1. The van der Waals surface area contributed by atoms with E-state index in [0.29, 0.717) is 13.1 Å². The summed E-state index contributed by atoms with van der Waals surface area (Å²) in [7, 11) is -2.40. The monoisotopic (exact) mass is 384 g/mol. The van der Waals surface area contributed by atoms with E-state index in [9.17, 15) is 18.0 Å². The average molecular weight is 384 g/mol. The van der Waals surface area contributed by atoms with Gasteiger partial charge in [0.15, 0.2) is 6.61 Å². The molecule has 0 bridgehead atoms. The van der Waals surface area contributed by atoms with Crippen LogP contribution in [0.2, 0.25) is 0 Å². The lowest BCUT2D eigenvalue weighted by Gasteiger charge is -2.18. The van der Waals surface area contributed by atoms with Crippen LogP contribution in [-0.2, 0) is 19.6 Å². The van der Waals surface area contributed by atoms with Crippen LogP contribution in [0.25, 0.3) is 0 Å². The second-order valence-electron chi connectivity index (χ2n) is 6.28. The van der Waals surface area contributed by atoms with Crippen molar-refractivity contribution in [1.82, 2.24) is 9.62 Å². The van der Waals surface area contributed by atoms with Crippen LogP contribution in [-0.4, -0.2) is 57.4 Å². The van der Waals surface area contributed by atoms with E-state index < -0.39 is 28.5 Å². The van der Waals surface area contributed by atoms with Crippen molar-refractivity contribution in [2.24, 2.45) is 0 Å². The fourth-order valence-corrected chi connectivity index (χ4v) is 4.35. The predicted octanol–water partition coefficient (Wildman–Crippen LogP) is 1.16. The first kappa shape index (κ1) is 20.2. The largest absolute Gasteiger partial charge is 0.495 e. The van der Waals surface area contributed by atoms with Gasteiger partial charge in [0.2, 0.25) is 10.0 Å². The van der Waals surface area contributed by atoms with Crippen molar-refractivity contribution in [2.45, 2.75) is 37.6 Å². The van der Waals surface area contributed by atoms with E-state index in [2.05, 4.69) is 5.32 Å². The van der Waals surface area contributed by atoms with Crippen LogP contribution in [0.4, 0.5) is 0 Å². The minimum Gasteiger partial charge on any atom is -0.495 e. The summed E-state index contributed by atoms with van der Waals surface area (Å²) in [6, 6.07) is 3.98. The van der Waals surface area contributed by atoms with Gasteiger partial charge in [0.25, 0.3) is 5.91 Å². The van der Waals surface area contributed by atoms with Crippen LogP contribution in [0.5, 0.6) is 5.75 Å². The quantitative estimate of drug-likeness (QED) is 0.708. The Morgan fingerprint density at radius 2 is 1.88 bits per heavy atom. The van der Waals surface area contributed by atoms with Gasteiger partial charge in [-0.3, -0.25) is 4.79 Å². The number of ether oxygens (including phenoxy) is 2. The zero-order valence-electron chi connectivity index (χ0n) is 15.1. The van der Waals surface area contributed by atoms with Gasteiger partial charge in [-0.25, -0.2) is 13.2 Å². The number of carbonyl (C=O) groups excluding carboxylic acids is 2. The van der Waals surface area contributed by atoms with Crippen molar-refractivity contribution >= 4 is 21.9 Å². The molecular weight excluding hydrogens is 360 g/mol. The highest BCUT2D eigenvalue weighted by atomic mass is 32.2. The molecule has 9 heteroatoms. The van der Waals surface area contributed by atoms with Crippen molar-refractivity contribution in [3.8, 4) is 5.75 Å². The number of rotatable bonds is 7. The first-order chi connectivity index (χ1) is 12.3. The molecule has 1 saturated heterocycles. The maximum Gasteiger partial charge on any atom is 0.338 e. The maximum absolute atomic E-state index is 12.8. The molecule has 0 saturated carbocycles. The van der Waals surface area contributed by atoms with Crippen LogP contribution in [0, 0.1) is 0 Å². The van der Waals surface area contributed by atoms with Gasteiger partial charge >= 0.3 is 5.97 Å². The fourth-order valence-electron chi connectivity index (χ4n) is 2.65. The Morgan fingerprint density at radius 1 is 1.23 bits per heavy atom. The first-order valence-corrected chi connectivity index (χ1v) is 9.84. The van der Waals surface area contributed by atoms with Gasteiger partial charge in [0.1, 0.15) is 10.6 Å². The summed E-state index contributed by atoms with van der Waals surface area (Å²) >= 11 is 0. The highest BCUT2D eigenvalue weighted by Gasteiger charge is 2.30. The lowest BCUT2D eigenvalue weighted by atomic mass is 10.2. The normalized spacial score (nSPS) is 15.1. The van der Waals surface area contributed by atoms with E-state index in [-0.39, 0.29) is 22.3 Å². The van der Waals surface area contributed by atoms with Crippen molar-refractivity contribution in [2.75, 3.05) is 26.8 Å². The zero-order valence-corrected chi connectivity index (χ0v) is 16.0. The van der Waals surface area contributed by atoms with Gasteiger partial charge in [0.05, 0.1) is 12.7 Å². The molecule has 1 aromatic rings.